The van der Waals surface area contributed by atoms with Crippen molar-refractivity contribution in [2.75, 3.05) is 39.3 Å². The SMILES string of the molecule is CC(=O)N1CCC(C(=O)N2CCN(C(=O)c3cnn4c3CCCC4)CC2)CC1. The number of carbonyl (C=O) groups excluding carboxylic acids is 3. The zero-order chi connectivity index (χ0) is 19.7. The van der Waals surface area contributed by atoms with Gasteiger partial charge < -0.3 is 14.7 Å². The summed E-state index contributed by atoms with van der Waals surface area (Å²) in [6.07, 6.45) is 6.33. The lowest BCUT2D eigenvalue weighted by Crippen LogP contribution is -2.53. The summed E-state index contributed by atoms with van der Waals surface area (Å²) in [5.74, 6) is 0.309. The van der Waals surface area contributed by atoms with Crippen molar-refractivity contribution in [2.24, 2.45) is 5.92 Å². The maximum Gasteiger partial charge on any atom is 0.257 e. The third-order valence-corrected chi connectivity index (χ3v) is 6.38. The Morgan fingerprint density at radius 1 is 0.893 bits per heavy atom. The lowest BCUT2D eigenvalue weighted by Gasteiger charge is -2.38. The molecule has 0 unspecified atom stereocenters. The van der Waals surface area contributed by atoms with Gasteiger partial charge in [0, 0.05) is 58.7 Å². The lowest BCUT2D eigenvalue weighted by molar-refractivity contribution is -0.141. The van der Waals surface area contributed by atoms with E-state index in [0.717, 1.165) is 49.9 Å². The first-order valence-electron chi connectivity index (χ1n) is 10.4. The van der Waals surface area contributed by atoms with E-state index >= 15 is 0 Å². The first kappa shape index (κ1) is 19.0. The van der Waals surface area contributed by atoms with E-state index in [4.69, 9.17) is 0 Å². The summed E-state index contributed by atoms with van der Waals surface area (Å²) >= 11 is 0. The van der Waals surface area contributed by atoms with Gasteiger partial charge in [0.25, 0.3) is 5.91 Å². The van der Waals surface area contributed by atoms with Crippen molar-refractivity contribution in [1.82, 2.24) is 24.5 Å². The molecule has 2 fully saturated rings. The van der Waals surface area contributed by atoms with Crippen LogP contribution in [0.3, 0.4) is 0 Å². The average molecular weight is 387 g/mol. The molecule has 2 saturated heterocycles. The fourth-order valence-electron chi connectivity index (χ4n) is 4.60. The lowest BCUT2D eigenvalue weighted by atomic mass is 9.95. The fraction of sp³-hybridized carbons (Fsp3) is 0.700. The second-order valence-electron chi connectivity index (χ2n) is 8.08. The third-order valence-electron chi connectivity index (χ3n) is 6.38. The predicted molar refractivity (Wildman–Crippen MR) is 103 cm³/mol. The van der Waals surface area contributed by atoms with Crippen LogP contribution in [0, 0.1) is 5.92 Å². The minimum atomic E-state index is 0.000504. The van der Waals surface area contributed by atoms with Crippen LogP contribution in [0.5, 0.6) is 0 Å². The van der Waals surface area contributed by atoms with Crippen LogP contribution in [0.25, 0.3) is 0 Å². The van der Waals surface area contributed by atoms with Gasteiger partial charge in [0.2, 0.25) is 11.8 Å². The summed E-state index contributed by atoms with van der Waals surface area (Å²) in [7, 11) is 0. The van der Waals surface area contributed by atoms with E-state index in [9.17, 15) is 14.4 Å². The van der Waals surface area contributed by atoms with Gasteiger partial charge in [-0.3, -0.25) is 19.1 Å². The Morgan fingerprint density at radius 2 is 1.57 bits per heavy atom. The van der Waals surface area contributed by atoms with E-state index in [1.165, 1.54) is 0 Å². The molecule has 8 heteroatoms. The molecule has 28 heavy (non-hydrogen) atoms. The number of hydrogen-bond donors (Lipinski definition) is 0. The molecular formula is C20H29N5O3. The zero-order valence-electron chi connectivity index (χ0n) is 16.6. The number of piperazine rings is 1. The summed E-state index contributed by atoms with van der Waals surface area (Å²) in [6, 6.07) is 0. The van der Waals surface area contributed by atoms with Gasteiger partial charge in [0.15, 0.2) is 0 Å². The Hall–Kier alpha value is -2.38. The molecule has 0 N–H and O–H groups in total. The van der Waals surface area contributed by atoms with E-state index in [2.05, 4.69) is 5.10 Å². The topological polar surface area (TPSA) is 78.8 Å². The van der Waals surface area contributed by atoms with Gasteiger partial charge in [-0.2, -0.15) is 5.10 Å². The van der Waals surface area contributed by atoms with Crippen LogP contribution in [0.15, 0.2) is 6.20 Å². The predicted octanol–water partition coefficient (Wildman–Crippen LogP) is 0.762. The molecule has 4 heterocycles. The van der Waals surface area contributed by atoms with Crippen molar-refractivity contribution in [1.29, 1.82) is 0 Å². The zero-order valence-corrected chi connectivity index (χ0v) is 16.6. The van der Waals surface area contributed by atoms with Gasteiger partial charge in [0.05, 0.1) is 17.5 Å². The van der Waals surface area contributed by atoms with Crippen LogP contribution in [0.1, 0.15) is 48.7 Å². The highest BCUT2D eigenvalue weighted by atomic mass is 16.2. The van der Waals surface area contributed by atoms with E-state index in [-0.39, 0.29) is 23.6 Å². The number of fused-ring (bicyclic) bond motifs is 1. The maximum atomic E-state index is 12.9. The number of nitrogens with zero attached hydrogens (tertiary/aromatic N) is 5. The Bertz CT molecular complexity index is 758. The minimum absolute atomic E-state index is 0.000504. The molecule has 0 spiro atoms. The Balaban J connectivity index is 1.31. The van der Waals surface area contributed by atoms with Gasteiger partial charge in [0.1, 0.15) is 0 Å². The molecule has 152 valence electrons. The van der Waals surface area contributed by atoms with Gasteiger partial charge in [-0.25, -0.2) is 0 Å². The van der Waals surface area contributed by atoms with Crippen molar-refractivity contribution >= 4 is 17.7 Å². The molecule has 8 nitrogen and oxygen atoms in total. The van der Waals surface area contributed by atoms with E-state index in [1.54, 1.807) is 13.1 Å². The van der Waals surface area contributed by atoms with Crippen molar-refractivity contribution in [2.45, 2.75) is 45.6 Å². The number of aryl methyl sites for hydroxylation is 1. The van der Waals surface area contributed by atoms with Crippen LogP contribution in [-0.4, -0.2) is 81.5 Å². The van der Waals surface area contributed by atoms with Crippen LogP contribution in [0.2, 0.25) is 0 Å². The average Bonchev–Trinajstić information content (AvgIpc) is 3.17. The fourth-order valence-corrected chi connectivity index (χ4v) is 4.60. The van der Waals surface area contributed by atoms with E-state index in [1.807, 2.05) is 19.4 Å². The molecule has 0 aromatic carbocycles. The molecule has 3 aliphatic rings. The highest BCUT2D eigenvalue weighted by Gasteiger charge is 2.33. The van der Waals surface area contributed by atoms with Gasteiger partial charge in [-0.05, 0) is 32.1 Å². The van der Waals surface area contributed by atoms with Gasteiger partial charge in [-0.1, -0.05) is 0 Å². The molecule has 4 rings (SSSR count). The molecule has 1 aromatic rings. The van der Waals surface area contributed by atoms with Crippen molar-refractivity contribution in [3.63, 3.8) is 0 Å². The molecule has 1 aromatic heterocycles. The maximum absolute atomic E-state index is 12.9. The first-order valence-corrected chi connectivity index (χ1v) is 10.4. The van der Waals surface area contributed by atoms with Crippen molar-refractivity contribution in [3.8, 4) is 0 Å². The Labute approximate surface area is 165 Å². The number of hydrogen-bond acceptors (Lipinski definition) is 4. The number of likely N-dealkylation sites (tertiary alicyclic amines) is 1. The molecule has 0 aliphatic carbocycles. The monoisotopic (exact) mass is 387 g/mol. The Kier molecular flexibility index (Phi) is 5.37. The summed E-state index contributed by atoms with van der Waals surface area (Å²) in [5.41, 5.74) is 1.79. The number of carbonyl (C=O) groups is 3. The highest BCUT2D eigenvalue weighted by molar-refractivity contribution is 5.95. The quantitative estimate of drug-likeness (QED) is 0.751. The normalized spacial score (nSPS) is 20.8. The standard InChI is InChI=1S/C20H29N5O3/c1-15(26)22-8-5-16(6-9-22)19(27)23-10-12-24(13-11-23)20(28)17-14-21-25-7-3-2-4-18(17)25/h14,16H,2-13H2,1H3. The van der Waals surface area contributed by atoms with E-state index < -0.39 is 0 Å². The molecule has 3 amide bonds. The van der Waals surface area contributed by atoms with Crippen molar-refractivity contribution < 1.29 is 14.4 Å². The number of piperidine rings is 1. The second-order valence-corrected chi connectivity index (χ2v) is 8.08. The van der Waals surface area contributed by atoms with Crippen LogP contribution in [-0.2, 0) is 22.6 Å². The largest absolute Gasteiger partial charge is 0.343 e. The van der Waals surface area contributed by atoms with Gasteiger partial charge in [-0.15, -0.1) is 0 Å². The summed E-state index contributed by atoms with van der Waals surface area (Å²) in [4.78, 5) is 42.8. The second kappa shape index (κ2) is 7.93. The third kappa shape index (κ3) is 3.64. The minimum Gasteiger partial charge on any atom is -0.343 e. The summed E-state index contributed by atoms with van der Waals surface area (Å²) < 4.78 is 1.96. The molecule has 0 saturated carbocycles. The summed E-state index contributed by atoms with van der Waals surface area (Å²) in [6.45, 7) is 6.11. The van der Waals surface area contributed by atoms with E-state index in [0.29, 0.717) is 39.3 Å². The first-order chi connectivity index (χ1) is 13.5. The molecule has 3 aliphatic heterocycles. The molecule has 0 bridgehead atoms. The van der Waals surface area contributed by atoms with Crippen molar-refractivity contribution in [3.05, 3.63) is 17.5 Å². The van der Waals surface area contributed by atoms with Crippen LogP contribution < -0.4 is 0 Å². The summed E-state index contributed by atoms with van der Waals surface area (Å²) in [5, 5.41) is 4.37. The Morgan fingerprint density at radius 3 is 2.25 bits per heavy atom. The van der Waals surface area contributed by atoms with Crippen LogP contribution >= 0.6 is 0 Å². The molecular weight excluding hydrogens is 358 g/mol. The highest BCUT2D eigenvalue weighted by Crippen LogP contribution is 2.22. The number of rotatable bonds is 2. The molecule has 0 radical (unpaired) electrons. The number of amides is 3. The van der Waals surface area contributed by atoms with Crippen LogP contribution in [0.4, 0.5) is 0 Å². The van der Waals surface area contributed by atoms with Gasteiger partial charge >= 0.3 is 0 Å². The smallest absolute Gasteiger partial charge is 0.257 e. The number of aromatic nitrogens is 2. The molecule has 0 atom stereocenters.